The van der Waals surface area contributed by atoms with Gasteiger partial charge in [0, 0.05) is 12.8 Å². The Hall–Kier alpha value is -0.860. The van der Waals surface area contributed by atoms with E-state index < -0.39 is 0 Å². The molecule has 0 N–H and O–H groups in total. The maximum absolute atomic E-state index is 4.84. The van der Waals surface area contributed by atoms with Gasteiger partial charge in [-0.1, -0.05) is 19.0 Å². The first-order valence-electron chi connectivity index (χ1n) is 3.18. The Bertz CT molecular complexity index is 164. The highest BCUT2D eigenvalue weighted by Gasteiger charge is 1.99. The van der Waals surface area contributed by atoms with E-state index >= 15 is 0 Å². The SMILES string of the molecule is CCc1noc(CC)n1. The lowest BCUT2D eigenvalue weighted by Crippen LogP contribution is -1.82. The molecule has 0 bridgehead atoms. The van der Waals surface area contributed by atoms with Crippen LogP contribution in [0.3, 0.4) is 0 Å². The lowest BCUT2D eigenvalue weighted by Gasteiger charge is -1.77. The van der Waals surface area contributed by atoms with Crippen molar-refractivity contribution >= 4 is 0 Å². The van der Waals surface area contributed by atoms with Crippen LogP contribution in [0.25, 0.3) is 0 Å². The minimum absolute atomic E-state index is 0.729. The van der Waals surface area contributed by atoms with Crippen LogP contribution in [0.4, 0.5) is 0 Å². The van der Waals surface area contributed by atoms with Crippen molar-refractivity contribution in [3.63, 3.8) is 0 Å². The molecule has 50 valence electrons. The molecule has 0 spiro atoms. The van der Waals surface area contributed by atoms with Crippen LogP contribution in [0.5, 0.6) is 0 Å². The second-order valence-corrected chi connectivity index (χ2v) is 1.81. The first kappa shape index (κ1) is 6.26. The monoisotopic (exact) mass is 126 g/mol. The summed E-state index contributed by atoms with van der Waals surface area (Å²) in [6.07, 6.45) is 1.68. The Morgan fingerprint density at radius 2 is 2.11 bits per heavy atom. The van der Waals surface area contributed by atoms with Crippen molar-refractivity contribution < 1.29 is 4.52 Å². The van der Waals surface area contributed by atoms with Gasteiger partial charge in [-0.05, 0) is 0 Å². The van der Waals surface area contributed by atoms with E-state index in [9.17, 15) is 0 Å². The number of hydrogen-bond donors (Lipinski definition) is 0. The molecule has 0 aromatic carbocycles. The second kappa shape index (κ2) is 2.62. The molecule has 0 radical (unpaired) electrons. The van der Waals surface area contributed by atoms with Crippen molar-refractivity contribution in [2.24, 2.45) is 0 Å². The summed E-state index contributed by atoms with van der Waals surface area (Å²) in [4.78, 5) is 4.07. The van der Waals surface area contributed by atoms with E-state index in [4.69, 9.17) is 4.52 Å². The number of rotatable bonds is 2. The van der Waals surface area contributed by atoms with Crippen LogP contribution >= 0.6 is 0 Å². The van der Waals surface area contributed by atoms with Gasteiger partial charge in [0.25, 0.3) is 0 Å². The molecule has 0 amide bonds. The number of aryl methyl sites for hydroxylation is 2. The van der Waals surface area contributed by atoms with E-state index in [2.05, 4.69) is 10.1 Å². The Balaban J connectivity index is 2.74. The van der Waals surface area contributed by atoms with Crippen molar-refractivity contribution in [2.75, 3.05) is 0 Å². The highest BCUT2D eigenvalue weighted by molar-refractivity contribution is 4.84. The topological polar surface area (TPSA) is 38.9 Å². The van der Waals surface area contributed by atoms with Crippen LogP contribution < -0.4 is 0 Å². The van der Waals surface area contributed by atoms with Crippen molar-refractivity contribution in [3.8, 4) is 0 Å². The van der Waals surface area contributed by atoms with Gasteiger partial charge in [-0.15, -0.1) is 0 Å². The maximum Gasteiger partial charge on any atom is 0.226 e. The maximum atomic E-state index is 4.84. The summed E-state index contributed by atoms with van der Waals surface area (Å²) < 4.78 is 4.84. The Labute approximate surface area is 54.1 Å². The predicted octanol–water partition coefficient (Wildman–Crippen LogP) is 1.19. The Morgan fingerprint density at radius 1 is 1.33 bits per heavy atom. The van der Waals surface area contributed by atoms with Gasteiger partial charge < -0.3 is 4.52 Å². The smallest absolute Gasteiger partial charge is 0.226 e. The van der Waals surface area contributed by atoms with Crippen LogP contribution in [-0.2, 0) is 12.8 Å². The van der Waals surface area contributed by atoms with Gasteiger partial charge in [-0.2, -0.15) is 4.98 Å². The summed E-state index contributed by atoms with van der Waals surface area (Å²) in [6.45, 7) is 4.00. The summed E-state index contributed by atoms with van der Waals surface area (Å²) in [5.74, 6) is 1.53. The molecular weight excluding hydrogens is 116 g/mol. The molecule has 9 heavy (non-hydrogen) atoms. The average molecular weight is 126 g/mol. The van der Waals surface area contributed by atoms with E-state index in [1.807, 2.05) is 13.8 Å². The van der Waals surface area contributed by atoms with Crippen LogP contribution in [0, 0.1) is 0 Å². The summed E-state index contributed by atoms with van der Waals surface area (Å²) in [7, 11) is 0. The molecule has 1 heterocycles. The zero-order valence-corrected chi connectivity index (χ0v) is 5.72. The molecule has 0 aliphatic rings. The third-order valence-corrected chi connectivity index (χ3v) is 1.13. The van der Waals surface area contributed by atoms with Gasteiger partial charge in [0.05, 0.1) is 0 Å². The Morgan fingerprint density at radius 3 is 2.44 bits per heavy atom. The van der Waals surface area contributed by atoms with Crippen molar-refractivity contribution in [1.82, 2.24) is 10.1 Å². The first-order chi connectivity index (χ1) is 4.36. The molecule has 0 unspecified atom stereocenters. The third kappa shape index (κ3) is 1.28. The van der Waals surface area contributed by atoms with Crippen LogP contribution in [0.1, 0.15) is 25.6 Å². The zero-order valence-electron chi connectivity index (χ0n) is 5.72. The first-order valence-corrected chi connectivity index (χ1v) is 3.18. The van der Waals surface area contributed by atoms with Crippen molar-refractivity contribution in [1.29, 1.82) is 0 Å². The largest absolute Gasteiger partial charge is 0.339 e. The lowest BCUT2D eigenvalue weighted by atomic mass is 10.4. The van der Waals surface area contributed by atoms with Crippen LogP contribution in [0.2, 0.25) is 0 Å². The summed E-state index contributed by atoms with van der Waals surface area (Å²) in [5.41, 5.74) is 0. The fraction of sp³-hybridized carbons (Fsp3) is 0.667. The minimum Gasteiger partial charge on any atom is -0.339 e. The van der Waals surface area contributed by atoms with Gasteiger partial charge in [0.1, 0.15) is 0 Å². The van der Waals surface area contributed by atoms with Gasteiger partial charge in [-0.3, -0.25) is 0 Å². The second-order valence-electron chi connectivity index (χ2n) is 1.81. The average Bonchev–Trinajstić information content (AvgIpc) is 2.34. The highest BCUT2D eigenvalue weighted by atomic mass is 16.5. The van der Waals surface area contributed by atoms with E-state index in [0.717, 1.165) is 24.6 Å². The Kier molecular flexibility index (Phi) is 1.82. The molecule has 0 aliphatic carbocycles. The molecular formula is C6H10N2O. The van der Waals surface area contributed by atoms with E-state index in [1.165, 1.54) is 0 Å². The minimum atomic E-state index is 0.729. The lowest BCUT2D eigenvalue weighted by molar-refractivity contribution is 0.377. The number of hydrogen-bond acceptors (Lipinski definition) is 3. The van der Waals surface area contributed by atoms with E-state index in [-0.39, 0.29) is 0 Å². The normalized spacial score (nSPS) is 10.0. The molecule has 0 aliphatic heterocycles. The van der Waals surface area contributed by atoms with Crippen LogP contribution in [-0.4, -0.2) is 10.1 Å². The summed E-state index contributed by atoms with van der Waals surface area (Å²) >= 11 is 0. The predicted molar refractivity (Wildman–Crippen MR) is 33.1 cm³/mol. The van der Waals surface area contributed by atoms with Gasteiger partial charge >= 0.3 is 0 Å². The molecule has 0 saturated carbocycles. The molecule has 0 fully saturated rings. The third-order valence-electron chi connectivity index (χ3n) is 1.13. The molecule has 3 heteroatoms. The van der Waals surface area contributed by atoms with Gasteiger partial charge in [0.15, 0.2) is 5.82 Å². The molecule has 3 nitrogen and oxygen atoms in total. The quantitative estimate of drug-likeness (QED) is 0.597. The molecule has 1 aromatic rings. The molecule has 0 atom stereocenters. The van der Waals surface area contributed by atoms with Gasteiger partial charge in [-0.25, -0.2) is 0 Å². The van der Waals surface area contributed by atoms with E-state index in [1.54, 1.807) is 0 Å². The van der Waals surface area contributed by atoms with Gasteiger partial charge in [0.2, 0.25) is 5.89 Å². The zero-order chi connectivity index (χ0) is 6.69. The number of nitrogens with zero attached hydrogens (tertiary/aromatic N) is 2. The van der Waals surface area contributed by atoms with Crippen molar-refractivity contribution in [3.05, 3.63) is 11.7 Å². The van der Waals surface area contributed by atoms with Crippen molar-refractivity contribution in [2.45, 2.75) is 26.7 Å². The fourth-order valence-electron chi connectivity index (χ4n) is 0.577. The molecule has 1 rings (SSSR count). The standard InChI is InChI=1S/C6H10N2O/c1-3-5-7-6(4-2)9-8-5/h3-4H2,1-2H3. The fourth-order valence-corrected chi connectivity index (χ4v) is 0.577. The molecule has 0 saturated heterocycles. The van der Waals surface area contributed by atoms with E-state index in [0.29, 0.717) is 0 Å². The summed E-state index contributed by atoms with van der Waals surface area (Å²) in [5, 5.41) is 3.72. The molecule has 1 aromatic heterocycles. The highest BCUT2D eigenvalue weighted by Crippen LogP contribution is 1.96. The van der Waals surface area contributed by atoms with Crippen LogP contribution in [0.15, 0.2) is 4.52 Å². The summed E-state index contributed by atoms with van der Waals surface area (Å²) in [6, 6.07) is 0. The number of aromatic nitrogens is 2.